The van der Waals surface area contributed by atoms with Gasteiger partial charge in [-0.15, -0.1) is 0 Å². The first kappa shape index (κ1) is 19.5. The first-order valence-corrected chi connectivity index (χ1v) is 10.1. The van der Waals surface area contributed by atoms with Gasteiger partial charge in [0.25, 0.3) is 0 Å². The van der Waals surface area contributed by atoms with Gasteiger partial charge in [-0.05, 0) is 48.3 Å². The Hall–Kier alpha value is -2.86. The second kappa shape index (κ2) is 7.19. The van der Waals surface area contributed by atoms with Crippen molar-refractivity contribution < 1.29 is 14.4 Å². The van der Waals surface area contributed by atoms with Crippen molar-refractivity contribution in [2.24, 2.45) is 5.41 Å². The van der Waals surface area contributed by atoms with Gasteiger partial charge in [0.05, 0.1) is 0 Å². The van der Waals surface area contributed by atoms with Gasteiger partial charge < -0.3 is 10.6 Å². The number of amides is 2. The molecule has 1 aliphatic heterocycles. The van der Waals surface area contributed by atoms with Gasteiger partial charge >= 0.3 is 0 Å². The number of thiocarbonyl (C=S) groups is 1. The van der Waals surface area contributed by atoms with Crippen LogP contribution in [0.25, 0.3) is 0 Å². The highest BCUT2D eigenvalue weighted by molar-refractivity contribution is 7.80. The molecule has 1 saturated heterocycles. The van der Waals surface area contributed by atoms with E-state index in [1.165, 1.54) is 0 Å². The third kappa shape index (κ3) is 2.99. The molecule has 0 aromatic heterocycles. The van der Waals surface area contributed by atoms with Crippen LogP contribution in [0.4, 0.5) is 0 Å². The van der Waals surface area contributed by atoms with Gasteiger partial charge in [-0.3, -0.25) is 14.4 Å². The van der Waals surface area contributed by atoms with E-state index in [-0.39, 0.29) is 23.7 Å². The second-order valence-corrected chi connectivity index (χ2v) is 8.28. The Labute approximate surface area is 174 Å². The number of aryl methyl sites for hydroxylation is 2. The summed E-state index contributed by atoms with van der Waals surface area (Å²) in [6.07, 6.45) is 0.279. The average Bonchev–Trinajstić information content (AvgIpc) is 2.67. The van der Waals surface area contributed by atoms with Crippen LogP contribution in [0.2, 0.25) is 0 Å². The molecular formula is C23H22N2O3S. The standard InChI is InChI=1S/C23H22N2O3S/c1-13-7-3-5-9-16(13)18-11-15(26)12-19(17-10-6-4-8-14(17)2)23(18)20(27)24-22(29)25-21(23)28/h3-10,18-19H,11-12H2,1-2H3,(H2,24,25,27,28,29). The Morgan fingerprint density at radius 2 is 1.21 bits per heavy atom. The molecule has 2 atom stereocenters. The number of Topliss-reactive ketones (excluding diaryl/α,β-unsaturated/α-hetero) is 1. The van der Waals surface area contributed by atoms with E-state index >= 15 is 0 Å². The summed E-state index contributed by atoms with van der Waals surface area (Å²) >= 11 is 5.07. The van der Waals surface area contributed by atoms with Crippen molar-refractivity contribution in [3.8, 4) is 0 Å². The van der Waals surface area contributed by atoms with E-state index in [0.717, 1.165) is 22.3 Å². The Morgan fingerprint density at radius 3 is 1.62 bits per heavy atom. The number of carbonyl (C=O) groups is 3. The molecule has 2 aliphatic rings. The minimum Gasteiger partial charge on any atom is -0.302 e. The summed E-state index contributed by atoms with van der Waals surface area (Å²) in [5.41, 5.74) is 2.14. The lowest BCUT2D eigenvalue weighted by Gasteiger charge is -2.49. The minimum atomic E-state index is -1.45. The number of rotatable bonds is 2. The molecule has 4 rings (SSSR count). The molecule has 2 N–H and O–H groups in total. The highest BCUT2D eigenvalue weighted by Gasteiger charge is 2.63. The van der Waals surface area contributed by atoms with E-state index in [4.69, 9.17) is 12.2 Å². The number of hydrogen-bond donors (Lipinski definition) is 2. The lowest BCUT2D eigenvalue weighted by molar-refractivity contribution is -0.150. The van der Waals surface area contributed by atoms with Crippen LogP contribution in [0, 0.1) is 19.3 Å². The fourth-order valence-electron chi connectivity index (χ4n) is 4.95. The maximum absolute atomic E-state index is 13.5. The van der Waals surface area contributed by atoms with Gasteiger partial charge in [-0.25, -0.2) is 0 Å². The van der Waals surface area contributed by atoms with Crippen molar-refractivity contribution in [2.75, 3.05) is 0 Å². The zero-order valence-corrected chi connectivity index (χ0v) is 17.1. The zero-order valence-electron chi connectivity index (χ0n) is 16.3. The van der Waals surface area contributed by atoms with E-state index in [9.17, 15) is 14.4 Å². The van der Waals surface area contributed by atoms with Crippen LogP contribution in [-0.2, 0) is 14.4 Å². The average molecular weight is 407 g/mol. The van der Waals surface area contributed by atoms with E-state index in [1.807, 2.05) is 62.4 Å². The Bertz CT molecular complexity index is 966. The lowest BCUT2D eigenvalue weighted by atomic mass is 9.54. The summed E-state index contributed by atoms with van der Waals surface area (Å²) in [5, 5.41) is 5.35. The smallest absolute Gasteiger partial charge is 0.243 e. The fourth-order valence-corrected chi connectivity index (χ4v) is 5.14. The normalized spacial score (nSPS) is 23.7. The van der Waals surface area contributed by atoms with Crippen LogP contribution in [0.1, 0.15) is 46.9 Å². The highest BCUT2D eigenvalue weighted by Crippen LogP contribution is 2.56. The van der Waals surface area contributed by atoms with Crippen molar-refractivity contribution in [1.82, 2.24) is 10.6 Å². The van der Waals surface area contributed by atoms with Gasteiger partial charge in [0.2, 0.25) is 11.8 Å². The minimum absolute atomic E-state index is 0.00888. The van der Waals surface area contributed by atoms with Crippen LogP contribution in [-0.4, -0.2) is 22.7 Å². The number of ketones is 1. The van der Waals surface area contributed by atoms with Crippen LogP contribution in [0.5, 0.6) is 0 Å². The molecule has 0 bridgehead atoms. The first-order valence-electron chi connectivity index (χ1n) is 9.65. The van der Waals surface area contributed by atoms with Gasteiger partial charge in [0, 0.05) is 24.7 Å². The molecule has 2 fully saturated rings. The molecule has 29 heavy (non-hydrogen) atoms. The summed E-state index contributed by atoms with van der Waals surface area (Å²) in [6, 6.07) is 15.3. The molecule has 0 radical (unpaired) electrons. The van der Waals surface area contributed by atoms with E-state index < -0.39 is 29.1 Å². The number of nitrogens with one attached hydrogen (secondary N) is 2. The van der Waals surface area contributed by atoms with Gasteiger partial charge in [0.1, 0.15) is 11.2 Å². The predicted octanol–water partition coefficient (Wildman–Crippen LogP) is 3.05. The Balaban J connectivity index is 2.00. The van der Waals surface area contributed by atoms with Crippen LogP contribution in [0.3, 0.4) is 0 Å². The summed E-state index contributed by atoms with van der Waals surface area (Å²) in [7, 11) is 0. The van der Waals surface area contributed by atoms with Crippen LogP contribution in [0.15, 0.2) is 48.5 Å². The molecule has 1 aliphatic carbocycles. The third-order valence-corrected chi connectivity index (χ3v) is 6.50. The summed E-state index contributed by atoms with van der Waals surface area (Å²) < 4.78 is 0. The predicted molar refractivity (Wildman–Crippen MR) is 113 cm³/mol. The monoisotopic (exact) mass is 406 g/mol. The van der Waals surface area contributed by atoms with Crippen molar-refractivity contribution in [2.45, 2.75) is 38.5 Å². The summed E-state index contributed by atoms with van der Waals surface area (Å²) in [4.78, 5) is 39.9. The molecular weight excluding hydrogens is 384 g/mol. The van der Waals surface area contributed by atoms with Gasteiger partial charge in [-0.2, -0.15) is 0 Å². The van der Waals surface area contributed by atoms with Crippen molar-refractivity contribution in [3.63, 3.8) is 0 Å². The molecule has 5 nitrogen and oxygen atoms in total. The number of benzene rings is 2. The number of hydrogen-bond acceptors (Lipinski definition) is 4. The largest absolute Gasteiger partial charge is 0.302 e. The molecule has 2 unspecified atom stereocenters. The molecule has 1 spiro atoms. The van der Waals surface area contributed by atoms with Crippen LogP contribution >= 0.6 is 12.2 Å². The Kier molecular flexibility index (Phi) is 4.82. The van der Waals surface area contributed by atoms with Gasteiger partial charge in [-0.1, -0.05) is 48.5 Å². The van der Waals surface area contributed by atoms with E-state index in [0.29, 0.717) is 0 Å². The quantitative estimate of drug-likeness (QED) is 0.594. The number of carbonyl (C=O) groups excluding carboxylic acids is 3. The zero-order chi connectivity index (χ0) is 20.8. The van der Waals surface area contributed by atoms with Crippen LogP contribution < -0.4 is 10.6 Å². The first-order chi connectivity index (χ1) is 13.9. The van der Waals surface area contributed by atoms with Gasteiger partial charge in [0.15, 0.2) is 5.11 Å². The maximum Gasteiger partial charge on any atom is 0.243 e. The topological polar surface area (TPSA) is 75.3 Å². The van der Waals surface area contributed by atoms with E-state index in [1.54, 1.807) is 0 Å². The molecule has 2 aromatic carbocycles. The molecule has 1 heterocycles. The second-order valence-electron chi connectivity index (χ2n) is 7.87. The molecule has 2 aromatic rings. The molecule has 6 heteroatoms. The van der Waals surface area contributed by atoms with Crippen molar-refractivity contribution >= 4 is 34.9 Å². The Morgan fingerprint density at radius 1 is 0.793 bits per heavy atom. The maximum atomic E-state index is 13.5. The molecule has 148 valence electrons. The molecule has 2 amide bonds. The molecule has 1 saturated carbocycles. The SMILES string of the molecule is Cc1ccccc1C1CC(=O)CC(c2ccccc2C)C12C(=O)NC(=S)NC2=O. The van der Waals surface area contributed by atoms with Crippen molar-refractivity contribution in [3.05, 3.63) is 70.8 Å². The fraction of sp³-hybridized carbons (Fsp3) is 0.304. The summed E-state index contributed by atoms with van der Waals surface area (Å²) in [5.74, 6) is -1.96. The lowest BCUT2D eigenvalue weighted by Crippen LogP contribution is -2.67. The van der Waals surface area contributed by atoms with E-state index in [2.05, 4.69) is 10.6 Å². The summed E-state index contributed by atoms with van der Waals surface area (Å²) in [6.45, 7) is 3.88. The highest BCUT2D eigenvalue weighted by atomic mass is 32.1. The van der Waals surface area contributed by atoms with Crippen molar-refractivity contribution in [1.29, 1.82) is 0 Å². The third-order valence-electron chi connectivity index (χ3n) is 6.30.